The van der Waals surface area contributed by atoms with Crippen LogP contribution in [0.15, 0.2) is 18.3 Å². The van der Waals surface area contributed by atoms with E-state index in [1.807, 2.05) is 32.2 Å². The Hall–Kier alpha value is -1.18. The Morgan fingerprint density at radius 2 is 2.23 bits per heavy atom. The van der Waals surface area contributed by atoms with Gasteiger partial charge in [-0.2, -0.15) is 0 Å². The van der Waals surface area contributed by atoms with Crippen LogP contribution in [0.25, 0.3) is 0 Å². The number of carbonyl (C=O) groups excluding carboxylic acids is 1. The van der Waals surface area contributed by atoms with Crippen LogP contribution in [-0.2, 0) is 4.79 Å². The van der Waals surface area contributed by atoms with Crippen molar-refractivity contribution < 1.29 is 4.79 Å². The predicted octanol–water partition coefficient (Wildman–Crippen LogP) is 2.47. The molecule has 0 saturated carbocycles. The summed E-state index contributed by atoms with van der Waals surface area (Å²) in [6.07, 6.45) is 2.45. The van der Waals surface area contributed by atoms with E-state index < -0.39 is 0 Å². The molecular formula is C11H15NO. The lowest BCUT2D eigenvalue weighted by Gasteiger charge is -2.08. The van der Waals surface area contributed by atoms with Crippen molar-refractivity contribution >= 4 is 5.78 Å². The standard InChI is InChI=1S/C11H15NO/c1-8(6-10(3)13)11-5-4-9(2)12-7-11/h4-5,7-8H,6H2,1-3H3. The predicted molar refractivity (Wildman–Crippen MR) is 52.7 cm³/mol. The van der Waals surface area contributed by atoms with Crippen molar-refractivity contribution in [1.82, 2.24) is 4.98 Å². The Bertz CT molecular complexity index is 289. The Balaban J connectivity index is 2.71. The number of nitrogens with zero attached hydrogens (tertiary/aromatic N) is 1. The summed E-state index contributed by atoms with van der Waals surface area (Å²) in [7, 11) is 0. The second-order valence-corrected chi connectivity index (χ2v) is 3.54. The quantitative estimate of drug-likeness (QED) is 0.710. The van der Waals surface area contributed by atoms with E-state index >= 15 is 0 Å². The monoisotopic (exact) mass is 177 g/mol. The fraction of sp³-hybridized carbons (Fsp3) is 0.455. The van der Waals surface area contributed by atoms with Crippen molar-refractivity contribution in [3.8, 4) is 0 Å². The number of hydrogen-bond donors (Lipinski definition) is 0. The lowest BCUT2D eigenvalue weighted by Crippen LogP contribution is -2.00. The summed E-state index contributed by atoms with van der Waals surface area (Å²) in [4.78, 5) is 15.1. The van der Waals surface area contributed by atoms with E-state index in [1.165, 1.54) is 0 Å². The molecule has 13 heavy (non-hydrogen) atoms. The van der Waals surface area contributed by atoms with Crippen molar-refractivity contribution in [2.75, 3.05) is 0 Å². The first-order valence-corrected chi connectivity index (χ1v) is 4.51. The highest BCUT2D eigenvalue weighted by Gasteiger charge is 2.07. The number of carbonyl (C=O) groups is 1. The molecule has 2 heteroatoms. The van der Waals surface area contributed by atoms with Crippen LogP contribution in [0.4, 0.5) is 0 Å². The van der Waals surface area contributed by atoms with E-state index in [0.29, 0.717) is 6.42 Å². The molecule has 70 valence electrons. The molecule has 0 aliphatic heterocycles. The summed E-state index contributed by atoms with van der Waals surface area (Å²) in [6.45, 7) is 5.63. The zero-order valence-electron chi connectivity index (χ0n) is 8.37. The van der Waals surface area contributed by atoms with Gasteiger partial charge in [0.25, 0.3) is 0 Å². The third kappa shape index (κ3) is 2.98. The molecule has 0 aliphatic carbocycles. The van der Waals surface area contributed by atoms with Crippen LogP contribution in [0.2, 0.25) is 0 Å². The molecule has 1 unspecified atom stereocenters. The molecule has 1 rings (SSSR count). The van der Waals surface area contributed by atoms with Crippen LogP contribution in [-0.4, -0.2) is 10.8 Å². The summed E-state index contributed by atoms with van der Waals surface area (Å²) >= 11 is 0. The van der Waals surface area contributed by atoms with Crippen molar-refractivity contribution in [3.63, 3.8) is 0 Å². The van der Waals surface area contributed by atoms with Gasteiger partial charge in [0.1, 0.15) is 5.78 Å². The van der Waals surface area contributed by atoms with Crippen LogP contribution in [0, 0.1) is 6.92 Å². The van der Waals surface area contributed by atoms with Crippen molar-refractivity contribution in [3.05, 3.63) is 29.6 Å². The zero-order valence-corrected chi connectivity index (χ0v) is 8.37. The number of rotatable bonds is 3. The molecule has 0 saturated heterocycles. The Labute approximate surface area is 79.0 Å². The van der Waals surface area contributed by atoms with Crippen molar-refractivity contribution in [2.24, 2.45) is 0 Å². The first kappa shape index (κ1) is 9.90. The topological polar surface area (TPSA) is 30.0 Å². The maximum Gasteiger partial charge on any atom is 0.130 e. The molecule has 0 bridgehead atoms. The van der Waals surface area contributed by atoms with Crippen LogP contribution in [0.1, 0.15) is 37.4 Å². The minimum absolute atomic E-state index is 0.230. The van der Waals surface area contributed by atoms with E-state index in [4.69, 9.17) is 0 Å². The van der Waals surface area contributed by atoms with Gasteiger partial charge in [0.15, 0.2) is 0 Å². The Morgan fingerprint density at radius 3 is 2.69 bits per heavy atom. The average Bonchev–Trinajstić information content (AvgIpc) is 2.04. The molecule has 0 aromatic carbocycles. The molecule has 0 spiro atoms. The Kier molecular flexibility index (Phi) is 3.18. The molecule has 2 nitrogen and oxygen atoms in total. The second-order valence-electron chi connectivity index (χ2n) is 3.54. The molecule has 0 radical (unpaired) electrons. The van der Waals surface area contributed by atoms with Crippen LogP contribution >= 0.6 is 0 Å². The van der Waals surface area contributed by atoms with Crippen molar-refractivity contribution in [1.29, 1.82) is 0 Å². The van der Waals surface area contributed by atoms with Crippen LogP contribution < -0.4 is 0 Å². The van der Waals surface area contributed by atoms with Gasteiger partial charge in [-0.05, 0) is 31.4 Å². The zero-order chi connectivity index (χ0) is 9.84. The molecule has 1 heterocycles. The van der Waals surface area contributed by atoms with Gasteiger partial charge in [0, 0.05) is 18.3 Å². The number of pyridine rings is 1. The van der Waals surface area contributed by atoms with Crippen LogP contribution in [0.3, 0.4) is 0 Å². The minimum Gasteiger partial charge on any atom is -0.300 e. The van der Waals surface area contributed by atoms with Gasteiger partial charge in [-0.25, -0.2) is 0 Å². The summed E-state index contributed by atoms with van der Waals surface area (Å²) in [6, 6.07) is 4.02. The first-order chi connectivity index (χ1) is 6.09. The third-order valence-electron chi connectivity index (χ3n) is 2.10. The average molecular weight is 177 g/mol. The molecule has 0 fully saturated rings. The second kappa shape index (κ2) is 4.17. The first-order valence-electron chi connectivity index (χ1n) is 4.51. The molecule has 0 aliphatic rings. The SMILES string of the molecule is CC(=O)CC(C)c1ccc(C)nc1. The fourth-order valence-corrected chi connectivity index (χ4v) is 1.32. The van der Waals surface area contributed by atoms with E-state index in [0.717, 1.165) is 11.3 Å². The van der Waals surface area contributed by atoms with E-state index in [-0.39, 0.29) is 11.7 Å². The molecular weight excluding hydrogens is 162 g/mol. The van der Waals surface area contributed by atoms with Gasteiger partial charge in [-0.15, -0.1) is 0 Å². The number of Topliss-reactive ketones (excluding diaryl/α,β-unsaturated/α-hetero) is 1. The van der Waals surface area contributed by atoms with Gasteiger partial charge in [-0.3, -0.25) is 4.98 Å². The molecule has 0 N–H and O–H groups in total. The maximum atomic E-state index is 10.9. The maximum absolute atomic E-state index is 10.9. The highest BCUT2D eigenvalue weighted by Crippen LogP contribution is 2.17. The number of hydrogen-bond acceptors (Lipinski definition) is 2. The largest absolute Gasteiger partial charge is 0.300 e. The third-order valence-corrected chi connectivity index (χ3v) is 2.10. The van der Waals surface area contributed by atoms with E-state index in [2.05, 4.69) is 4.98 Å². The smallest absolute Gasteiger partial charge is 0.130 e. The summed E-state index contributed by atoms with van der Waals surface area (Å²) in [5.41, 5.74) is 2.15. The van der Waals surface area contributed by atoms with Gasteiger partial charge in [0.2, 0.25) is 0 Å². The van der Waals surface area contributed by atoms with Gasteiger partial charge in [0.05, 0.1) is 0 Å². The normalized spacial score (nSPS) is 12.5. The van der Waals surface area contributed by atoms with Gasteiger partial charge >= 0.3 is 0 Å². The van der Waals surface area contributed by atoms with Crippen LogP contribution in [0.5, 0.6) is 0 Å². The van der Waals surface area contributed by atoms with Gasteiger partial charge < -0.3 is 4.79 Å². The van der Waals surface area contributed by atoms with E-state index in [9.17, 15) is 4.79 Å². The summed E-state index contributed by atoms with van der Waals surface area (Å²) in [5, 5.41) is 0. The summed E-state index contributed by atoms with van der Waals surface area (Å²) < 4.78 is 0. The molecule has 1 aromatic rings. The highest BCUT2D eigenvalue weighted by atomic mass is 16.1. The van der Waals surface area contributed by atoms with Gasteiger partial charge in [-0.1, -0.05) is 13.0 Å². The number of ketones is 1. The molecule has 0 amide bonds. The molecule has 1 aromatic heterocycles. The number of aryl methyl sites for hydroxylation is 1. The lowest BCUT2D eigenvalue weighted by molar-refractivity contribution is -0.117. The summed E-state index contributed by atoms with van der Waals surface area (Å²) in [5.74, 6) is 0.513. The minimum atomic E-state index is 0.230. The lowest BCUT2D eigenvalue weighted by atomic mass is 9.97. The van der Waals surface area contributed by atoms with E-state index in [1.54, 1.807) is 6.92 Å². The fourth-order valence-electron chi connectivity index (χ4n) is 1.32. The molecule has 1 atom stereocenters. The van der Waals surface area contributed by atoms with Crippen molar-refractivity contribution in [2.45, 2.75) is 33.1 Å². The highest BCUT2D eigenvalue weighted by molar-refractivity contribution is 5.76. The Morgan fingerprint density at radius 1 is 1.54 bits per heavy atom. The number of aromatic nitrogens is 1.